The molecular formula is C10H9F3O. The number of rotatable bonds is 3. The number of hydrogen-bond acceptors (Lipinski definition) is 1. The molecule has 0 radical (unpaired) electrons. The Balaban J connectivity index is 3.01. The molecule has 0 atom stereocenters. The van der Waals surface area contributed by atoms with E-state index in [4.69, 9.17) is 0 Å². The van der Waals surface area contributed by atoms with Crippen LogP contribution in [0.15, 0.2) is 18.2 Å². The van der Waals surface area contributed by atoms with Crippen molar-refractivity contribution >= 4 is 5.78 Å². The maximum absolute atomic E-state index is 12.8. The quantitative estimate of drug-likeness (QED) is 0.736. The first-order chi connectivity index (χ1) is 6.49. The number of hydrogen-bond donors (Lipinski definition) is 0. The van der Waals surface area contributed by atoms with Crippen molar-refractivity contribution in [2.24, 2.45) is 0 Å². The lowest BCUT2D eigenvalue weighted by Gasteiger charge is -2.03. The summed E-state index contributed by atoms with van der Waals surface area (Å²) in [6, 6.07) is 3.01. The Morgan fingerprint density at radius 1 is 1.36 bits per heavy atom. The van der Waals surface area contributed by atoms with E-state index in [1.807, 2.05) is 0 Å². The Bertz CT molecular complexity index is 347. The highest BCUT2D eigenvalue weighted by Gasteiger charge is 2.10. The van der Waals surface area contributed by atoms with E-state index in [2.05, 4.69) is 0 Å². The van der Waals surface area contributed by atoms with Gasteiger partial charge in [0.15, 0.2) is 0 Å². The number of halogens is 3. The third kappa shape index (κ3) is 2.87. The minimum absolute atomic E-state index is 0.0164. The molecule has 0 saturated heterocycles. The summed E-state index contributed by atoms with van der Waals surface area (Å²) >= 11 is 0. The van der Waals surface area contributed by atoms with Crippen LogP contribution in [0.1, 0.15) is 24.5 Å². The van der Waals surface area contributed by atoms with E-state index < -0.39 is 12.2 Å². The zero-order valence-electron chi connectivity index (χ0n) is 7.56. The van der Waals surface area contributed by atoms with Crippen LogP contribution in [0.2, 0.25) is 0 Å². The molecule has 1 nitrogen and oxygen atoms in total. The van der Waals surface area contributed by atoms with E-state index in [-0.39, 0.29) is 23.3 Å². The van der Waals surface area contributed by atoms with Gasteiger partial charge in [-0.1, -0.05) is 0 Å². The van der Waals surface area contributed by atoms with E-state index in [1.165, 1.54) is 6.92 Å². The summed E-state index contributed by atoms with van der Waals surface area (Å²) in [5.41, 5.74) is -0.103. The van der Waals surface area contributed by atoms with Crippen LogP contribution >= 0.6 is 0 Å². The Morgan fingerprint density at radius 2 is 2.00 bits per heavy atom. The molecule has 0 aliphatic heterocycles. The van der Waals surface area contributed by atoms with E-state index in [9.17, 15) is 18.0 Å². The predicted molar refractivity (Wildman–Crippen MR) is 45.7 cm³/mol. The molecular weight excluding hydrogens is 193 g/mol. The summed E-state index contributed by atoms with van der Waals surface area (Å²) in [5, 5.41) is 0. The molecule has 0 saturated carbocycles. The van der Waals surface area contributed by atoms with Gasteiger partial charge in [-0.25, -0.2) is 13.2 Å². The molecule has 0 aliphatic rings. The number of ketones is 1. The van der Waals surface area contributed by atoms with Crippen LogP contribution < -0.4 is 0 Å². The van der Waals surface area contributed by atoms with Crippen molar-refractivity contribution in [1.82, 2.24) is 0 Å². The summed E-state index contributed by atoms with van der Waals surface area (Å²) in [6.07, 6.45) is -2.73. The van der Waals surface area contributed by atoms with Crippen molar-refractivity contribution < 1.29 is 18.0 Å². The molecule has 4 heteroatoms. The highest BCUT2D eigenvalue weighted by molar-refractivity contribution is 5.78. The molecule has 0 fully saturated rings. The molecule has 1 rings (SSSR count). The van der Waals surface area contributed by atoms with Gasteiger partial charge in [-0.3, -0.25) is 4.79 Å². The lowest BCUT2D eigenvalue weighted by Crippen LogP contribution is -1.98. The molecule has 0 spiro atoms. The van der Waals surface area contributed by atoms with Gasteiger partial charge in [-0.2, -0.15) is 0 Å². The zero-order valence-corrected chi connectivity index (χ0v) is 7.56. The maximum Gasteiger partial charge on any atom is 0.263 e. The van der Waals surface area contributed by atoms with Crippen molar-refractivity contribution in [1.29, 1.82) is 0 Å². The molecule has 0 unspecified atom stereocenters. The molecule has 0 bridgehead atoms. The fourth-order valence-electron chi connectivity index (χ4n) is 1.19. The van der Waals surface area contributed by atoms with Crippen LogP contribution in [-0.2, 0) is 11.2 Å². The van der Waals surface area contributed by atoms with Gasteiger partial charge in [-0.05, 0) is 30.7 Å². The van der Waals surface area contributed by atoms with Crippen LogP contribution in [0.3, 0.4) is 0 Å². The second kappa shape index (κ2) is 4.26. The van der Waals surface area contributed by atoms with Crippen LogP contribution in [0, 0.1) is 5.82 Å². The van der Waals surface area contributed by atoms with Crippen LogP contribution in [0.4, 0.5) is 13.2 Å². The van der Waals surface area contributed by atoms with E-state index in [0.717, 1.165) is 18.2 Å². The third-order valence-electron chi connectivity index (χ3n) is 1.68. The maximum atomic E-state index is 12.8. The lowest BCUT2D eigenvalue weighted by molar-refractivity contribution is -0.116. The second-order valence-corrected chi connectivity index (χ2v) is 3.07. The number of carbonyl (C=O) groups excluding carboxylic acids is 1. The van der Waals surface area contributed by atoms with Gasteiger partial charge in [-0.15, -0.1) is 0 Å². The first-order valence-corrected chi connectivity index (χ1v) is 4.06. The Hall–Kier alpha value is -1.32. The van der Waals surface area contributed by atoms with Crippen molar-refractivity contribution in [2.75, 3.05) is 0 Å². The van der Waals surface area contributed by atoms with Gasteiger partial charge in [0.25, 0.3) is 6.43 Å². The molecule has 76 valence electrons. The molecule has 1 aromatic carbocycles. The zero-order chi connectivity index (χ0) is 10.7. The fraction of sp³-hybridized carbons (Fsp3) is 0.300. The van der Waals surface area contributed by atoms with Gasteiger partial charge in [0.1, 0.15) is 11.6 Å². The van der Waals surface area contributed by atoms with Gasteiger partial charge in [0.2, 0.25) is 0 Å². The van der Waals surface area contributed by atoms with E-state index in [0.29, 0.717) is 0 Å². The second-order valence-electron chi connectivity index (χ2n) is 3.07. The van der Waals surface area contributed by atoms with Crippen molar-refractivity contribution in [3.8, 4) is 0 Å². The average molecular weight is 202 g/mol. The number of Topliss-reactive ketones (excluding diaryl/α,β-unsaturated/α-hetero) is 1. The largest absolute Gasteiger partial charge is 0.300 e. The van der Waals surface area contributed by atoms with Gasteiger partial charge >= 0.3 is 0 Å². The lowest BCUT2D eigenvalue weighted by atomic mass is 10.1. The van der Waals surface area contributed by atoms with Crippen LogP contribution in [0.5, 0.6) is 0 Å². The monoisotopic (exact) mass is 202 g/mol. The molecule has 0 heterocycles. The van der Waals surface area contributed by atoms with E-state index >= 15 is 0 Å². The number of carbonyl (C=O) groups is 1. The molecule has 14 heavy (non-hydrogen) atoms. The number of benzene rings is 1. The van der Waals surface area contributed by atoms with Gasteiger partial charge in [0.05, 0.1) is 0 Å². The van der Waals surface area contributed by atoms with Crippen molar-refractivity contribution in [2.45, 2.75) is 19.8 Å². The minimum Gasteiger partial charge on any atom is -0.300 e. The Labute approximate surface area is 79.5 Å². The SMILES string of the molecule is CC(=O)Cc1cc(F)cc(C(F)F)c1. The smallest absolute Gasteiger partial charge is 0.263 e. The summed E-state index contributed by atoms with van der Waals surface area (Å²) in [7, 11) is 0. The van der Waals surface area contributed by atoms with Crippen LogP contribution in [-0.4, -0.2) is 5.78 Å². The van der Waals surface area contributed by atoms with E-state index in [1.54, 1.807) is 0 Å². The Kier molecular flexibility index (Phi) is 3.28. The van der Waals surface area contributed by atoms with Crippen LogP contribution in [0.25, 0.3) is 0 Å². The topological polar surface area (TPSA) is 17.1 Å². The number of alkyl halides is 2. The molecule has 0 aliphatic carbocycles. The molecule has 0 amide bonds. The normalized spacial score (nSPS) is 10.6. The van der Waals surface area contributed by atoms with Crippen molar-refractivity contribution in [3.05, 3.63) is 35.1 Å². The van der Waals surface area contributed by atoms with Gasteiger partial charge in [0, 0.05) is 12.0 Å². The molecule has 0 N–H and O–H groups in total. The summed E-state index contributed by atoms with van der Waals surface area (Å²) in [6.45, 7) is 1.33. The standard InChI is InChI=1S/C10H9F3O/c1-6(14)2-7-3-8(10(12)13)5-9(11)4-7/h3-5,10H,2H2,1H3. The summed E-state index contributed by atoms with van der Waals surface area (Å²) in [4.78, 5) is 10.7. The summed E-state index contributed by atoms with van der Waals surface area (Å²) < 4.78 is 37.2. The first kappa shape index (κ1) is 10.8. The average Bonchev–Trinajstić information content (AvgIpc) is 2.01. The van der Waals surface area contributed by atoms with Crippen molar-refractivity contribution in [3.63, 3.8) is 0 Å². The molecule has 1 aromatic rings. The summed E-state index contributed by atoms with van der Waals surface area (Å²) in [5.74, 6) is -0.921. The highest BCUT2D eigenvalue weighted by atomic mass is 19.3. The fourth-order valence-corrected chi connectivity index (χ4v) is 1.19. The predicted octanol–water partition coefficient (Wildman–Crippen LogP) is 2.89. The highest BCUT2D eigenvalue weighted by Crippen LogP contribution is 2.21. The third-order valence-corrected chi connectivity index (χ3v) is 1.68. The first-order valence-electron chi connectivity index (χ1n) is 4.06. The van der Waals surface area contributed by atoms with Gasteiger partial charge < -0.3 is 0 Å². The Morgan fingerprint density at radius 3 is 2.50 bits per heavy atom. The molecule has 0 aromatic heterocycles. The minimum atomic E-state index is -2.71.